The maximum absolute atomic E-state index is 11.1. The fourth-order valence-corrected chi connectivity index (χ4v) is 0.852. The van der Waals surface area contributed by atoms with Crippen molar-refractivity contribution in [2.45, 2.75) is 6.92 Å². The molecule has 1 aromatic rings. The first-order chi connectivity index (χ1) is 5.34. The van der Waals surface area contributed by atoms with Gasteiger partial charge < -0.3 is 5.32 Å². The van der Waals surface area contributed by atoms with Crippen LogP contribution in [0.2, 0.25) is 0 Å². The predicted octanol–water partition coefficient (Wildman–Crippen LogP) is 0.788. The number of carbonyl (C=O) groups excluding carboxylic acids is 1. The Morgan fingerprint density at radius 3 is 2.42 bits per heavy atom. The maximum atomic E-state index is 11.1. The molecule has 12 heavy (non-hydrogen) atoms. The Labute approximate surface area is 94.7 Å². The van der Waals surface area contributed by atoms with Gasteiger partial charge in [-0.25, -0.2) is 0 Å². The van der Waals surface area contributed by atoms with E-state index in [-0.39, 0.29) is 35.5 Å². The molecule has 2 nitrogen and oxygen atoms in total. The molecular weight excluding hydrogens is 161 g/mol. The Morgan fingerprint density at radius 2 is 1.92 bits per heavy atom. The predicted molar refractivity (Wildman–Crippen MR) is 51.6 cm³/mol. The second kappa shape index (κ2) is 6.23. The second-order valence-electron chi connectivity index (χ2n) is 2.23. The molecule has 1 amide bonds. The van der Waals surface area contributed by atoms with Gasteiger partial charge in [-0.3, -0.25) is 4.79 Å². The number of benzene rings is 1. The number of nitrogens with one attached hydrogen (secondary N) is 1. The molecule has 1 rings (SSSR count). The molecule has 1 aromatic carbocycles. The molecule has 1 N–H and O–H groups in total. The second-order valence-corrected chi connectivity index (χ2v) is 2.23. The Bertz CT molecular complexity index is 236. The Balaban J connectivity index is 0.00000121. The van der Waals surface area contributed by atoms with Crippen LogP contribution < -0.4 is 5.32 Å². The van der Waals surface area contributed by atoms with Crippen LogP contribution in [-0.2, 0) is 0 Å². The third kappa shape index (κ3) is 3.39. The van der Waals surface area contributed by atoms with Gasteiger partial charge in [0.1, 0.15) is 0 Å². The fraction of sp³-hybridized carbons (Fsp3) is 0.222. The minimum atomic E-state index is -0.00639. The van der Waals surface area contributed by atoms with Crippen molar-refractivity contribution in [3.05, 3.63) is 35.9 Å². The van der Waals surface area contributed by atoms with Crippen LogP contribution in [0.15, 0.2) is 30.3 Å². The molecule has 0 spiro atoms. The number of rotatable bonds is 2. The Kier molecular flexibility index (Phi) is 6.07. The van der Waals surface area contributed by atoms with Gasteiger partial charge >= 0.3 is 29.6 Å². The van der Waals surface area contributed by atoms with Gasteiger partial charge in [-0.15, -0.1) is 0 Å². The van der Waals surface area contributed by atoms with Crippen LogP contribution >= 0.6 is 0 Å². The zero-order chi connectivity index (χ0) is 8.10. The van der Waals surface area contributed by atoms with E-state index in [0.717, 1.165) is 0 Å². The van der Waals surface area contributed by atoms with E-state index in [1.54, 1.807) is 12.1 Å². The monoisotopic (exact) mass is 173 g/mol. The van der Waals surface area contributed by atoms with Crippen LogP contribution in [0, 0.1) is 0 Å². The van der Waals surface area contributed by atoms with Crippen molar-refractivity contribution in [3.63, 3.8) is 0 Å². The van der Waals surface area contributed by atoms with Crippen molar-refractivity contribution in [2.75, 3.05) is 6.54 Å². The van der Waals surface area contributed by atoms with E-state index in [1.807, 2.05) is 25.1 Å². The van der Waals surface area contributed by atoms with E-state index in [4.69, 9.17) is 0 Å². The first-order valence-corrected chi connectivity index (χ1v) is 3.68. The fourth-order valence-electron chi connectivity index (χ4n) is 0.852. The van der Waals surface area contributed by atoms with E-state index in [2.05, 4.69) is 5.32 Å². The SMILES string of the molecule is CCNC(=O)c1ccccc1.[NaH]. The molecule has 0 aliphatic heterocycles. The minimum absolute atomic E-state index is 0. The summed E-state index contributed by atoms with van der Waals surface area (Å²) in [5.74, 6) is -0.00639. The van der Waals surface area contributed by atoms with E-state index in [1.165, 1.54) is 0 Å². The Morgan fingerprint density at radius 1 is 1.33 bits per heavy atom. The van der Waals surface area contributed by atoms with E-state index < -0.39 is 0 Å². The van der Waals surface area contributed by atoms with Crippen molar-refractivity contribution in [1.29, 1.82) is 0 Å². The Hall–Kier alpha value is -0.310. The molecule has 0 unspecified atom stereocenters. The molecule has 3 heteroatoms. The molecule has 60 valence electrons. The summed E-state index contributed by atoms with van der Waals surface area (Å²) in [5.41, 5.74) is 0.717. The average molecular weight is 173 g/mol. The quantitative estimate of drug-likeness (QED) is 0.658. The van der Waals surface area contributed by atoms with Crippen molar-refractivity contribution in [2.24, 2.45) is 0 Å². The van der Waals surface area contributed by atoms with Crippen molar-refractivity contribution in [1.82, 2.24) is 5.32 Å². The summed E-state index contributed by atoms with van der Waals surface area (Å²) in [4.78, 5) is 11.1. The molecule has 0 heterocycles. The molecule has 0 bridgehead atoms. The van der Waals surface area contributed by atoms with Crippen molar-refractivity contribution >= 4 is 35.5 Å². The standard InChI is InChI=1S/C9H11NO.Na.H/c1-2-10-9(11)8-6-4-3-5-7-8;;/h3-7H,2H2,1H3,(H,10,11);;. The van der Waals surface area contributed by atoms with E-state index in [9.17, 15) is 4.79 Å². The summed E-state index contributed by atoms with van der Waals surface area (Å²) < 4.78 is 0. The molecule has 0 aliphatic carbocycles. The summed E-state index contributed by atoms with van der Waals surface area (Å²) in [5, 5.41) is 2.72. The van der Waals surface area contributed by atoms with Gasteiger partial charge in [0, 0.05) is 12.1 Å². The van der Waals surface area contributed by atoms with Crippen LogP contribution in [0.4, 0.5) is 0 Å². The van der Waals surface area contributed by atoms with Gasteiger partial charge in [0.15, 0.2) is 0 Å². The van der Waals surface area contributed by atoms with E-state index >= 15 is 0 Å². The first-order valence-electron chi connectivity index (χ1n) is 3.68. The summed E-state index contributed by atoms with van der Waals surface area (Å²) in [6.07, 6.45) is 0. The normalized spacial score (nSPS) is 8.42. The van der Waals surface area contributed by atoms with Gasteiger partial charge in [-0.1, -0.05) is 18.2 Å². The zero-order valence-corrected chi connectivity index (χ0v) is 6.50. The molecule has 0 radical (unpaired) electrons. The number of carbonyl (C=O) groups is 1. The molecule has 0 saturated heterocycles. The number of hydrogen-bond acceptors (Lipinski definition) is 1. The topological polar surface area (TPSA) is 29.1 Å². The molecular formula is C9H12NNaO. The number of hydrogen-bond donors (Lipinski definition) is 1. The summed E-state index contributed by atoms with van der Waals surface area (Å²) >= 11 is 0. The van der Waals surface area contributed by atoms with Crippen LogP contribution in [0.5, 0.6) is 0 Å². The van der Waals surface area contributed by atoms with Crippen molar-refractivity contribution < 1.29 is 4.79 Å². The first kappa shape index (κ1) is 11.7. The third-order valence-corrected chi connectivity index (χ3v) is 1.37. The van der Waals surface area contributed by atoms with Crippen LogP contribution in [0.25, 0.3) is 0 Å². The average Bonchev–Trinajstić information content (AvgIpc) is 2.07. The molecule has 0 fully saturated rings. The molecule has 0 aromatic heterocycles. The summed E-state index contributed by atoms with van der Waals surface area (Å²) in [6.45, 7) is 2.58. The third-order valence-electron chi connectivity index (χ3n) is 1.37. The molecule has 0 aliphatic rings. The molecule has 0 saturated carbocycles. The van der Waals surface area contributed by atoms with Crippen LogP contribution in [0.3, 0.4) is 0 Å². The van der Waals surface area contributed by atoms with Gasteiger partial charge in [0.05, 0.1) is 0 Å². The van der Waals surface area contributed by atoms with Crippen molar-refractivity contribution in [3.8, 4) is 0 Å². The number of amides is 1. The van der Waals surface area contributed by atoms with Crippen LogP contribution in [0.1, 0.15) is 17.3 Å². The van der Waals surface area contributed by atoms with Gasteiger partial charge in [0.25, 0.3) is 5.91 Å². The zero-order valence-electron chi connectivity index (χ0n) is 6.50. The summed E-state index contributed by atoms with van der Waals surface area (Å²) in [7, 11) is 0. The van der Waals surface area contributed by atoms with Gasteiger partial charge in [-0.05, 0) is 19.1 Å². The van der Waals surface area contributed by atoms with Gasteiger partial charge in [0.2, 0.25) is 0 Å². The van der Waals surface area contributed by atoms with Crippen LogP contribution in [-0.4, -0.2) is 42.0 Å². The molecule has 0 atom stereocenters. The van der Waals surface area contributed by atoms with Gasteiger partial charge in [-0.2, -0.15) is 0 Å². The van der Waals surface area contributed by atoms with E-state index in [0.29, 0.717) is 12.1 Å². The summed E-state index contributed by atoms with van der Waals surface area (Å²) in [6, 6.07) is 9.19.